The van der Waals surface area contributed by atoms with Gasteiger partial charge in [-0.25, -0.2) is 0 Å². The van der Waals surface area contributed by atoms with E-state index in [0.29, 0.717) is 0 Å². The molecule has 0 bridgehead atoms. The van der Waals surface area contributed by atoms with Crippen molar-refractivity contribution in [3.63, 3.8) is 0 Å². The number of benzene rings is 9. The zero-order valence-electron chi connectivity index (χ0n) is 34.6. The predicted molar refractivity (Wildman–Crippen MR) is 261 cm³/mol. The molecule has 61 heavy (non-hydrogen) atoms. The Morgan fingerprint density at radius 2 is 0.918 bits per heavy atom. The van der Waals surface area contributed by atoms with Crippen LogP contribution in [0.5, 0.6) is 0 Å². The monoisotopic (exact) mass is 777 g/mol. The molecule has 0 unspecified atom stereocenters. The Labute approximate surface area is 357 Å². The maximum absolute atomic E-state index is 4.05. The molecule has 9 aromatic carbocycles. The summed E-state index contributed by atoms with van der Waals surface area (Å²) in [5, 5.41) is 6.18. The number of hydrogen-bond acceptors (Lipinski definition) is 0. The average molecular weight is 778 g/mol. The first-order valence-electron chi connectivity index (χ1n) is 21.4. The SMILES string of the molecule is C=C/C=C\c1c(C)n(-c2c3ccccc3c(-c3ccc4c(c3)-c3ccccc3-c3ccccc3-c3ccccc3-4)c3ccccc23)c2cc3c(cc12)-c1ccccc1C3(C)C. The predicted octanol–water partition coefficient (Wildman–Crippen LogP) is 16.4. The molecule has 2 aliphatic carbocycles. The molecule has 0 saturated heterocycles. The highest BCUT2D eigenvalue weighted by molar-refractivity contribution is 6.20. The van der Waals surface area contributed by atoms with Crippen molar-refractivity contribution >= 4 is 38.5 Å². The molecule has 12 rings (SSSR count). The van der Waals surface area contributed by atoms with Crippen LogP contribution in [0.25, 0.3) is 111 Å². The maximum Gasteiger partial charge on any atom is 0.0616 e. The zero-order valence-corrected chi connectivity index (χ0v) is 34.6. The van der Waals surface area contributed by atoms with Gasteiger partial charge in [-0.1, -0.05) is 196 Å². The van der Waals surface area contributed by atoms with Crippen LogP contribution < -0.4 is 0 Å². The van der Waals surface area contributed by atoms with Crippen molar-refractivity contribution in [2.24, 2.45) is 0 Å². The summed E-state index contributed by atoms with van der Waals surface area (Å²) in [6.45, 7) is 11.1. The minimum atomic E-state index is -0.125. The third-order valence-corrected chi connectivity index (χ3v) is 13.7. The van der Waals surface area contributed by atoms with Crippen LogP contribution in [0.4, 0.5) is 0 Å². The van der Waals surface area contributed by atoms with Gasteiger partial charge < -0.3 is 4.57 Å². The largest absolute Gasteiger partial charge is 0.312 e. The molecule has 0 atom stereocenters. The first-order valence-corrected chi connectivity index (χ1v) is 21.4. The van der Waals surface area contributed by atoms with Crippen molar-refractivity contribution in [1.29, 1.82) is 0 Å². The van der Waals surface area contributed by atoms with E-state index in [1.54, 1.807) is 0 Å². The van der Waals surface area contributed by atoms with Crippen molar-refractivity contribution < 1.29 is 0 Å². The van der Waals surface area contributed by atoms with Gasteiger partial charge in [0, 0.05) is 32.8 Å². The Balaban J connectivity index is 1.16. The van der Waals surface area contributed by atoms with Crippen molar-refractivity contribution in [1.82, 2.24) is 4.57 Å². The minimum absolute atomic E-state index is 0.125. The molecule has 1 nitrogen and oxygen atoms in total. The molecular weight excluding hydrogens is 735 g/mol. The van der Waals surface area contributed by atoms with Gasteiger partial charge in [-0.05, 0) is 114 Å². The van der Waals surface area contributed by atoms with E-state index in [1.165, 1.54) is 127 Å². The van der Waals surface area contributed by atoms with Gasteiger partial charge in [0.25, 0.3) is 0 Å². The molecule has 0 fully saturated rings. The fourth-order valence-corrected chi connectivity index (χ4v) is 11.0. The highest BCUT2D eigenvalue weighted by Gasteiger charge is 2.36. The van der Waals surface area contributed by atoms with E-state index >= 15 is 0 Å². The highest BCUT2D eigenvalue weighted by atomic mass is 15.0. The maximum atomic E-state index is 4.05. The molecule has 1 aromatic heterocycles. The Bertz CT molecular complexity index is 3470. The van der Waals surface area contributed by atoms with Gasteiger partial charge in [0.1, 0.15) is 0 Å². The summed E-state index contributed by atoms with van der Waals surface area (Å²) < 4.78 is 2.55. The third-order valence-electron chi connectivity index (χ3n) is 13.7. The molecular formula is C60H43N. The number of fused-ring (bicyclic) bond motifs is 14. The summed E-state index contributed by atoms with van der Waals surface area (Å²) in [6, 6.07) is 65.9. The van der Waals surface area contributed by atoms with Crippen LogP contribution in [0.2, 0.25) is 0 Å². The molecule has 0 N–H and O–H groups in total. The number of hydrogen-bond donors (Lipinski definition) is 0. The Kier molecular flexibility index (Phi) is 7.71. The van der Waals surface area contributed by atoms with Crippen LogP contribution in [-0.2, 0) is 5.41 Å². The molecule has 1 heterocycles. The van der Waals surface area contributed by atoms with Crippen LogP contribution in [0.3, 0.4) is 0 Å². The molecule has 0 spiro atoms. The minimum Gasteiger partial charge on any atom is -0.312 e. The summed E-state index contributed by atoms with van der Waals surface area (Å²) in [5.74, 6) is 0. The van der Waals surface area contributed by atoms with Crippen molar-refractivity contribution in [2.45, 2.75) is 26.2 Å². The van der Waals surface area contributed by atoms with Crippen LogP contribution >= 0.6 is 0 Å². The van der Waals surface area contributed by atoms with Crippen LogP contribution in [0.15, 0.2) is 195 Å². The van der Waals surface area contributed by atoms with Gasteiger partial charge in [-0.2, -0.15) is 0 Å². The topological polar surface area (TPSA) is 4.93 Å². The molecule has 0 radical (unpaired) electrons. The summed E-state index contributed by atoms with van der Waals surface area (Å²) in [4.78, 5) is 0. The third kappa shape index (κ3) is 5.01. The van der Waals surface area contributed by atoms with E-state index in [4.69, 9.17) is 0 Å². The van der Waals surface area contributed by atoms with Gasteiger partial charge in [-0.3, -0.25) is 0 Å². The number of rotatable bonds is 4. The normalized spacial score (nSPS) is 13.3. The van der Waals surface area contributed by atoms with E-state index in [2.05, 4.69) is 220 Å². The summed E-state index contributed by atoms with van der Waals surface area (Å²) >= 11 is 0. The lowest BCUT2D eigenvalue weighted by Gasteiger charge is -2.24. The first-order chi connectivity index (χ1) is 29.9. The number of aromatic nitrogens is 1. The van der Waals surface area contributed by atoms with Gasteiger partial charge >= 0.3 is 0 Å². The van der Waals surface area contributed by atoms with E-state index in [-0.39, 0.29) is 5.41 Å². The standard InChI is InChI=1S/C60H43N/c1-5-6-19-39-37(2)61(57-36-56-53(35-54(39)57)47-26-17-18-31-55(47)60(56,3)4)59-50-29-15-13-27-48(50)58(49-28-14-16-30-51(49)59)38-32-33-46-44-24-10-9-22-42(44)40-20-7-8-21-41(40)43-23-11-12-25-45(43)52(46)34-38/h5-36H,1H2,2-4H3/b19-6-,42-40?,43-41?,46-44?,52-45?. The Morgan fingerprint density at radius 3 is 1.48 bits per heavy atom. The fourth-order valence-electron chi connectivity index (χ4n) is 11.0. The lowest BCUT2D eigenvalue weighted by atomic mass is 9.79. The quantitative estimate of drug-likeness (QED) is 0.124. The first kappa shape index (κ1) is 35.5. The molecule has 288 valence electrons. The molecule has 0 aliphatic heterocycles. The van der Waals surface area contributed by atoms with Gasteiger partial charge in [0.15, 0.2) is 0 Å². The lowest BCUT2D eigenvalue weighted by Crippen LogP contribution is -2.15. The zero-order chi connectivity index (χ0) is 41.0. The van der Waals surface area contributed by atoms with E-state index in [0.717, 1.165) is 0 Å². The van der Waals surface area contributed by atoms with Crippen molar-refractivity contribution in [3.05, 3.63) is 217 Å². The highest BCUT2D eigenvalue weighted by Crippen LogP contribution is 2.53. The fraction of sp³-hybridized carbons (Fsp3) is 0.0667. The van der Waals surface area contributed by atoms with Gasteiger partial charge in [0.2, 0.25) is 0 Å². The summed E-state index contributed by atoms with van der Waals surface area (Å²) in [7, 11) is 0. The molecule has 0 saturated carbocycles. The molecule has 2 aliphatic rings. The van der Waals surface area contributed by atoms with E-state index < -0.39 is 0 Å². The average Bonchev–Trinajstić information content (AvgIpc) is 3.70. The van der Waals surface area contributed by atoms with Crippen LogP contribution in [0.1, 0.15) is 36.2 Å². The van der Waals surface area contributed by atoms with Gasteiger partial charge in [0.05, 0.1) is 11.2 Å². The van der Waals surface area contributed by atoms with Crippen LogP contribution in [0, 0.1) is 6.92 Å². The number of nitrogens with zero attached hydrogens (tertiary/aromatic N) is 1. The van der Waals surface area contributed by atoms with Crippen molar-refractivity contribution in [2.75, 3.05) is 0 Å². The lowest BCUT2D eigenvalue weighted by molar-refractivity contribution is 0.661. The second-order valence-corrected chi connectivity index (χ2v) is 17.2. The summed E-state index contributed by atoms with van der Waals surface area (Å²) in [5.41, 5.74) is 22.7. The van der Waals surface area contributed by atoms with E-state index in [1.807, 2.05) is 6.08 Å². The second kappa shape index (κ2) is 13.3. The van der Waals surface area contributed by atoms with E-state index in [9.17, 15) is 0 Å². The van der Waals surface area contributed by atoms with Gasteiger partial charge in [-0.15, -0.1) is 0 Å². The Hall–Kier alpha value is -7.48. The molecule has 0 amide bonds. The van der Waals surface area contributed by atoms with Crippen LogP contribution in [-0.4, -0.2) is 4.57 Å². The van der Waals surface area contributed by atoms with Crippen molar-refractivity contribution in [3.8, 4) is 72.4 Å². The molecule has 1 heteroatoms. The molecule has 10 aromatic rings. The number of allylic oxidation sites excluding steroid dienone is 2. The smallest absolute Gasteiger partial charge is 0.0616 e. The summed E-state index contributed by atoms with van der Waals surface area (Å²) in [6.07, 6.45) is 6.20. The second-order valence-electron chi connectivity index (χ2n) is 17.2. The Morgan fingerprint density at radius 1 is 0.443 bits per heavy atom.